The number of aryl methyl sites for hydroxylation is 1. The minimum Gasteiger partial charge on any atom is -0.496 e. The van der Waals surface area contributed by atoms with E-state index in [9.17, 15) is 9.18 Å². The molecule has 1 atom stereocenters. The summed E-state index contributed by atoms with van der Waals surface area (Å²) in [7, 11) is 3.46. The van der Waals surface area contributed by atoms with Gasteiger partial charge in [0.25, 0.3) is 0 Å². The predicted octanol–water partition coefficient (Wildman–Crippen LogP) is 1.58. The van der Waals surface area contributed by atoms with Crippen molar-refractivity contribution in [2.45, 2.75) is 19.4 Å². The maximum absolute atomic E-state index is 13.5. The molecule has 1 aliphatic heterocycles. The largest absolute Gasteiger partial charge is 0.496 e. The van der Waals surface area contributed by atoms with Crippen LogP contribution in [0.5, 0.6) is 5.75 Å². The number of methoxy groups -OCH3 is 1. The Morgan fingerprint density at radius 1 is 1.44 bits per heavy atom. The fourth-order valence-electron chi connectivity index (χ4n) is 2.98. The number of ether oxygens (including phenoxy) is 1. The SMILES string of the molecule is COc1ccc(F)cc1CC(=O)N1CCN(C)[C@H](c2nc(C)no2)C1. The Balaban J connectivity index is 1.73. The number of aromatic nitrogens is 2. The summed E-state index contributed by atoms with van der Waals surface area (Å²) in [5.41, 5.74) is 0.539. The van der Waals surface area contributed by atoms with Gasteiger partial charge in [-0.15, -0.1) is 0 Å². The fraction of sp³-hybridized carbons (Fsp3) is 0.471. The Morgan fingerprint density at radius 2 is 2.24 bits per heavy atom. The quantitative estimate of drug-likeness (QED) is 0.835. The van der Waals surface area contributed by atoms with E-state index in [0.717, 1.165) is 0 Å². The minimum absolute atomic E-state index is 0.0836. The topological polar surface area (TPSA) is 71.7 Å². The molecule has 2 aromatic rings. The van der Waals surface area contributed by atoms with Crippen molar-refractivity contribution < 1.29 is 18.4 Å². The first-order valence-electron chi connectivity index (χ1n) is 8.08. The highest BCUT2D eigenvalue weighted by Crippen LogP contribution is 2.25. The van der Waals surface area contributed by atoms with E-state index < -0.39 is 0 Å². The summed E-state index contributed by atoms with van der Waals surface area (Å²) in [6.07, 6.45) is 0.0836. The van der Waals surface area contributed by atoms with Crippen molar-refractivity contribution in [2.24, 2.45) is 0 Å². The number of amides is 1. The predicted molar refractivity (Wildman–Crippen MR) is 87.6 cm³/mol. The highest BCUT2D eigenvalue weighted by atomic mass is 19.1. The number of benzene rings is 1. The van der Waals surface area contributed by atoms with Crippen LogP contribution in [0.4, 0.5) is 4.39 Å². The highest BCUT2D eigenvalue weighted by molar-refractivity contribution is 5.79. The number of rotatable bonds is 4. The smallest absolute Gasteiger partial charge is 0.245 e. The van der Waals surface area contributed by atoms with Crippen molar-refractivity contribution >= 4 is 5.91 Å². The molecule has 1 aromatic heterocycles. The molecule has 1 amide bonds. The Morgan fingerprint density at radius 3 is 2.92 bits per heavy atom. The molecule has 1 fully saturated rings. The first kappa shape index (κ1) is 17.3. The van der Waals surface area contributed by atoms with Gasteiger partial charge in [-0.2, -0.15) is 4.98 Å². The molecule has 1 aliphatic rings. The summed E-state index contributed by atoms with van der Waals surface area (Å²) >= 11 is 0. The van der Waals surface area contributed by atoms with E-state index in [1.807, 2.05) is 7.05 Å². The second-order valence-corrected chi connectivity index (χ2v) is 6.15. The summed E-state index contributed by atoms with van der Waals surface area (Å²) in [6, 6.07) is 4.04. The van der Waals surface area contributed by atoms with Crippen molar-refractivity contribution in [3.63, 3.8) is 0 Å². The number of carbonyl (C=O) groups excluding carboxylic acids is 1. The number of hydrogen-bond donors (Lipinski definition) is 0. The van der Waals surface area contributed by atoms with Crippen molar-refractivity contribution in [3.05, 3.63) is 41.3 Å². The maximum atomic E-state index is 13.5. The molecule has 2 heterocycles. The average molecular weight is 348 g/mol. The Hall–Kier alpha value is -2.48. The Bertz CT molecular complexity index is 764. The lowest BCUT2D eigenvalue weighted by molar-refractivity contribution is -0.133. The number of nitrogens with zero attached hydrogens (tertiary/aromatic N) is 4. The Labute approximate surface area is 145 Å². The fourth-order valence-corrected chi connectivity index (χ4v) is 2.98. The van der Waals surface area contributed by atoms with E-state index >= 15 is 0 Å². The standard InChI is InChI=1S/C17H21FN4O3/c1-11-19-17(25-20-11)14-10-22(7-6-21(14)2)16(23)9-12-8-13(18)4-5-15(12)24-3/h4-5,8,14H,6-7,9-10H2,1-3H3/t14-/m0/s1. The van der Waals surface area contributed by atoms with Gasteiger partial charge >= 0.3 is 0 Å². The zero-order chi connectivity index (χ0) is 18.0. The molecule has 8 heteroatoms. The van der Waals surface area contributed by atoms with Crippen LogP contribution in [-0.4, -0.2) is 59.6 Å². The third-order valence-electron chi connectivity index (χ3n) is 4.41. The highest BCUT2D eigenvalue weighted by Gasteiger charge is 2.32. The zero-order valence-electron chi connectivity index (χ0n) is 14.5. The van der Waals surface area contributed by atoms with Crippen LogP contribution in [0.3, 0.4) is 0 Å². The number of carbonyl (C=O) groups is 1. The summed E-state index contributed by atoms with van der Waals surface area (Å²) in [6.45, 7) is 3.50. The lowest BCUT2D eigenvalue weighted by atomic mass is 10.1. The third-order valence-corrected chi connectivity index (χ3v) is 4.41. The van der Waals surface area contributed by atoms with Crippen LogP contribution in [0.25, 0.3) is 0 Å². The van der Waals surface area contributed by atoms with Crippen LogP contribution in [0.2, 0.25) is 0 Å². The van der Waals surface area contributed by atoms with Gasteiger partial charge in [0.2, 0.25) is 11.8 Å². The Kier molecular flexibility index (Phi) is 4.98. The van der Waals surface area contributed by atoms with E-state index in [1.165, 1.54) is 25.3 Å². The lowest BCUT2D eigenvalue weighted by Gasteiger charge is -2.37. The van der Waals surface area contributed by atoms with E-state index in [0.29, 0.717) is 42.7 Å². The molecule has 0 N–H and O–H groups in total. The van der Waals surface area contributed by atoms with Gasteiger partial charge in [0.05, 0.1) is 13.5 Å². The van der Waals surface area contributed by atoms with Gasteiger partial charge in [-0.25, -0.2) is 4.39 Å². The normalized spacial score (nSPS) is 18.4. The second-order valence-electron chi connectivity index (χ2n) is 6.15. The molecule has 0 bridgehead atoms. The van der Waals surface area contributed by atoms with Gasteiger partial charge in [0.15, 0.2) is 5.82 Å². The molecule has 3 rings (SSSR count). The van der Waals surface area contributed by atoms with Crippen LogP contribution in [0.15, 0.2) is 22.7 Å². The maximum Gasteiger partial charge on any atom is 0.245 e. The van der Waals surface area contributed by atoms with E-state index in [1.54, 1.807) is 11.8 Å². The molecule has 0 unspecified atom stereocenters. The molecule has 0 radical (unpaired) electrons. The van der Waals surface area contributed by atoms with Gasteiger partial charge in [0, 0.05) is 25.2 Å². The van der Waals surface area contributed by atoms with E-state index in [-0.39, 0.29) is 24.2 Å². The first-order valence-corrected chi connectivity index (χ1v) is 8.08. The second kappa shape index (κ2) is 7.18. The van der Waals surface area contributed by atoms with Crippen LogP contribution >= 0.6 is 0 Å². The summed E-state index contributed by atoms with van der Waals surface area (Å²) in [5, 5.41) is 3.82. The van der Waals surface area contributed by atoms with Gasteiger partial charge in [-0.3, -0.25) is 9.69 Å². The molecular formula is C17H21FN4O3. The molecule has 1 saturated heterocycles. The lowest BCUT2D eigenvalue weighted by Crippen LogP contribution is -2.49. The first-order chi connectivity index (χ1) is 12.0. The number of piperazine rings is 1. The minimum atomic E-state index is -0.388. The molecule has 7 nitrogen and oxygen atoms in total. The molecule has 0 saturated carbocycles. The van der Waals surface area contributed by atoms with Crippen LogP contribution in [-0.2, 0) is 11.2 Å². The molecule has 0 spiro atoms. The zero-order valence-corrected chi connectivity index (χ0v) is 14.5. The summed E-state index contributed by atoms with van der Waals surface area (Å²) in [5.74, 6) is 1.10. The van der Waals surface area contributed by atoms with Gasteiger partial charge in [-0.1, -0.05) is 5.16 Å². The number of hydrogen-bond acceptors (Lipinski definition) is 6. The van der Waals surface area contributed by atoms with E-state index in [4.69, 9.17) is 9.26 Å². The average Bonchev–Trinajstić information content (AvgIpc) is 3.01. The van der Waals surface area contributed by atoms with Crippen molar-refractivity contribution in [1.29, 1.82) is 0 Å². The van der Waals surface area contributed by atoms with Crippen molar-refractivity contribution in [1.82, 2.24) is 19.9 Å². The summed E-state index contributed by atoms with van der Waals surface area (Å²) < 4.78 is 24.0. The summed E-state index contributed by atoms with van der Waals surface area (Å²) in [4.78, 5) is 20.8. The molecule has 1 aromatic carbocycles. The van der Waals surface area contributed by atoms with Gasteiger partial charge in [0.1, 0.15) is 17.6 Å². The third kappa shape index (κ3) is 3.79. The van der Waals surface area contributed by atoms with Crippen molar-refractivity contribution in [2.75, 3.05) is 33.8 Å². The number of halogens is 1. The van der Waals surface area contributed by atoms with Crippen LogP contribution < -0.4 is 4.74 Å². The van der Waals surface area contributed by atoms with Gasteiger partial charge < -0.3 is 14.2 Å². The monoisotopic (exact) mass is 348 g/mol. The van der Waals surface area contributed by atoms with Crippen LogP contribution in [0, 0.1) is 12.7 Å². The van der Waals surface area contributed by atoms with Crippen LogP contribution in [0.1, 0.15) is 23.3 Å². The van der Waals surface area contributed by atoms with Gasteiger partial charge in [-0.05, 0) is 32.2 Å². The molecular weight excluding hydrogens is 327 g/mol. The van der Waals surface area contributed by atoms with E-state index in [2.05, 4.69) is 15.0 Å². The molecule has 25 heavy (non-hydrogen) atoms. The van der Waals surface area contributed by atoms with Crippen molar-refractivity contribution in [3.8, 4) is 5.75 Å². The molecule has 134 valence electrons. The molecule has 0 aliphatic carbocycles. The number of likely N-dealkylation sites (N-methyl/N-ethyl adjacent to an activating group) is 1.